The number of carboxylic acid groups (broad SMARTS) is 1. The van der Waals surface area contributed by atoms with Gasteiger partial charge in [-0.3, -0.25) is 4.79 Å². The van der Waals surface area contributed by atoms with Crippen LogP contribution in [0, 0.1) is 0 Å². The Bertz CT molecular complexity index is 546. The molecule has 2 aromatic rings. The lowest BCUT2D eigenvalue weighted by atomic mass is 9.96. The molecule has 0 aliphatic carbocycles. The largest absolute Gasteiger partial charge is 0.481 e. The number of hydrogen-bond acceptors (Lipinski definition) is 3. The van der Waals surface area contributed by atoms with Crippen LogP contribution in [0.25, 0.3) is 0 Å². The molecule has 0 bridgehead atoms. The van der Waals surface area contributed by atoms with Gasteiger partial charge in [0.2, 0.25) is 0 Å². The minimum atomic E-state index is -0.921. The minimum absolute atomic E-state index is 0.342. The van der Waals surface area contributed by atoms with E-state index in [2.05, 4.69) is 10.2 Å². The van der Waals surface area contributed by atoms with Gasteiger partial charge in [-0.15, -0.1) is 0 Å². The molecular weight excluding hydrogens is 252 g/mol. The summed E-state index contributed by atoms with van der Waals surface area (Å²) >= 11 is 5.88. The Kier molecular flexibility index (Phi) is 3.89. The Balaban J connectivity index is 2.25. The van der Waals surface area contributed by atoms with Crippen molar-refractivity contribution in [1.29, 1.82) is 0 Å². The second kappa shape index (κ2) is 5.60. The molecule has 2 rings (SSSR count). The summed E-state index contributed by atoms with van der Waals surface area (Å²) in [7, 11) is 0. The average Bonchev–Trinajstić information content (AvgIpc) is 2.37. The van der Waals surface area contributed by atoms with Gasteiger partial charge in [0, 0.05) is 11.2 Å². The zero-order chi connectivity index (χ0) is 13.0. The molecule has 92 valence electrons. The SMILES string of the molecule is O=C(O)C(Cc1cccc(Cl)c1)c1cccnn1. The number of hydrogen-bond donors (Lipinski definition) is 1. The Morgan fingerprint density at radius 2 is 2.17 bits per heavy atom. The maximum absolute atomic E-state index is 11.3. The summed E-state index contributed by atoms with van der Waals surface area (Å²) in [5, 5.41) is 17.4. The Morgan fingerprint density at radius 3 is 2.78 bits per heavy atom. The zero-order valence-electron chi connectivity index (χ0n) is 9.45. The van der Waals surface area contributed by atoms with E-state index in [9.17, 15) is 9.90 Å². The lowest BCUT2D eigenvalue weighted by molar-refractivity contribution is -0.138. The first-order chi connectivity index (χ1) is 8.66. The normalized spacial score (nSPS) is 12.1. The molecule has 0 radical (unpaired) electrons. The second-order valence-electron chi connectivity index (χ2n) is 3.87. The molecule has 1 aromatic carbocycles. The summed E-state index contributed by atoms with van der Waals surface area (Å²) in [6, 6.07) is 10.5. The molecule has 0 amide bonds. The third-order valence-corrected chi connectivity index (χ3v) is 2.81. The van der Waals surface area contributed by atoms with Crippen LogP contribution in [0.1, 0.15) is 17.2 Å². The summed E-state index contributed by atoms with van der Waals surface area (Å²) in [5.41, 5.74) is 1.31. The number of nitrogens with zero attached hydrogens (tertiary/aromatic N) is 2. The number of carbonyl (C=O) groups is 1. The van der Waals surface area contributed by atoms with Crippen LogP contribution in [-0.2, 0) is 11.2 Å². The standard InChI is InChI=1S/C13H11ClN2O2/c14-10-4-1-3-9(7-10)8-11(13(17)18)12-5-2-6-15-16-12/h1-7,11H,8H2,(H,17,18). The molecule has 18 heavy (non-hydrogen) atoms. The Hall–Kier alpha value is -1.94. The van der Waals surface area contributed by atoms with Crippen molar-refractivity contribution in [2.75, 3.05) is 0 Å². The van der Waals surface area contributed by atoms with Crippen molar-refractivity contribution >= 4 is 17.6 Å². The molecular formula is C13H11ClN2O2. The Morgan fingerprint density at radius 1 is 1.33 bits per heavy atom. The molecule has 0 fully saturated rings. The minimum Gasteiger partial charge on any atom is -0.481 e. The maximum atomic E-state index is 11.3. The number of carboxylic acids is 1. The number of aliphatic carboxylic acids is 1. The van der Waals surface area contributed by atoms with Gasteiger partial charge < -0.3 is 5.11 Å². The monoisotopic (exact) mass is 262 g/mol. The molecule has 5 heteroatoms. The van der Waals surface area contributed by atoms with E-state index >= 15 is 0 Å². The fourth-order valence-corrected chi connectivity index (χ4v) is 1.93. The quantitative estimate of drug-likeness (QED) is 0.920. The highest BCUT2D eigenvalue weighted by Crippen LogP contribution is 2.21. The van der Waals surface area contributed by atoms with Crippen LogP contribution in [0.4, 0.5) is 0 Å². The lowest BCUT2D eigenvalue weighted by Gasteiger charge is -2.11. The molecule has 0 aliphatic heterocycles. The van der Waals surface area contributed by atoms with Crippen molar-refractivity contribution in [2.45, 2.75) is 12.3 Å². The highest BCUT2D eigenvalue weighted by molar-refractivity contribution is 6.30. The number of benzene rings is 1. The van der Waals surface area contributed by atoms with Crippen LogP contribution < -0.4 is 0 Å². The first-order valence-corrected chi connectivity index (χ1v) is 5.79. The van der Waals surface area contributed by atoms with E-state index in [4.69, 9.17) is 11.6 Å². The average molecular weight is 263 g/mol. The second-order valence-corrected chi connectivity index (χ2v) is 4.31. The predicted molar refractivity (Wildman–Crippen MR) is 67.6 cm³/mol. The molecule has 0 aliphatic rings. The van der Waals surface area contributed by atoms with E-state index in [-0.39, 0.29) is 0 Å². The van der Waals surface area contributed by atoms with Crippen LogP contribution in [0.15, 0.2) is 42.6 Å². The van der Waals surface area contributed by atoms with E-state index in [1.54, 1.807) is 30.3 Å². The zero-order valence-corrected chi connectivity index (χ0v) is 10.2. The van der Waals surface area contributed by atoms with E-state index in [1.807, 2.05) is 6.07 Å². The van der Waals surface area contributed by atoms with Crippen LogP contribution in [0.2, 0.25) is 5.02 Å². The summed E-state index contributed by atoms with van der Waals surface area (Å²) in [6.07, 6.45) is 1.86. The highest BCUT2D eigenvalue weighted by atomic mass is 35.5. The predicted octanol–water partition coefficient (Wildman–Crippen LogP) is 2.54. The van der Waals surface area contributed by atoms with Crippen LogP contribution in [0.3, 0.4) is 0 Å². The molecule has 0 spiro atoms. The highest BCUT2D eigenvalue weighted by Gasteiger charge is 2.22. The molecule has 4 nitrogen and oxygen atoms in total. The van der Waals surface area contributed by atoms with Crippen LogP contribution >= 0.6 is 11.6 Å². The third-order valence-electron chi connectivity index (χ3n) is 2.58. The summed E-state index contributed by atoms with van der Waals surface area (Å²) < 4.78 is 0. The van der Waals surface area contributed by atoms with Crippen molar-refractivity contribution in [1.82, 2.24) is 10.2 Å². The van der Waals surface area contributed by atoms with Gasteiger partial charge in [-0.2, -0.15) is 10.2 Å². The molecule has 1 atom stereocenters. The van der Waals surface area contributed by atoms with Gasteiger partial charge in [-0.25, -0.2) is 0 Å². The summed E-state index contributed by atoms with van der Waals surface area (Å²) in [5.74, 6) is -1.63. The van der Waals surface area contributed by atoms with Gasteiger partial charge in [0.25, 0.3) is 0 Å². The van der Waals surface area contributed by atoms with Crippen molar-refractivity contribution in [3.8, 4) is 0 Å². The van der Waals surface area contributed by atoms with E-state index in [0.29, 0.717) is 17.1 Å². The van der Waals surface area contributed by atoms with Crippen LogP contribution in [-0.4, -0.2) is 21.3 Å². The van der Waals surface area contributed by atoms with Gasteiger partial charge in [0.1, 0.15) is 5.92 Å². The van der Waals surface area contributed by atoms with E-state index in [1.165, 1.54) is 6.20 Å². The van der Waals surface area contributed by atoms with Crippen LogP contribution in [0.5, 0.6) is 0 Å². The smallest absolute Gasteiger partial charge is 0.313 e. The van der Waals surface area contributed by atoms with Crippen molar-refractivity contribution < 1.29 is 9.90 Å². The molecule has 1 unspecified atom stereocenters. The first kappa shape index (κ1) is 12.5. The van der Waals surface area contributed by atoms with Gasteiger partial charge in [0.15, 0.2) is 0 Å². The number of rotatable bonds is 4. The number of halogens is 1. The van der Waals surface area contributed by atoms with Crippen molar-refractivity contribution in [3.63, 3.8) is 0 Å². The number of aromatic nitrogens is 2. The maximum Gasteiger partial charge on any atom is 0.313 e. The summed E-state index contributed by atoms with van der Waals surface area (Å²) in [4.78, 5) is 11.3. The van der Waals surface area contributed by atoms with E-state index in [0.717, 1.165) is 5.56 Å². The fourth-order valence-electron chi connectivity index (χ4n) is 1.72. The van der Waals surface area contributed by atoms with Crippen molar-refractivity contribution in [2.24, 2.45) is 0 Å². The molecule has 0 saturated carbocycles. The van der Waals surface area contributed by atoms with Gasteiger partial charge >= 0.3 is 5.97 Å². The molecule has 1 N–H and O–H groups in total. The van der Waals surface area contributed by atoms with Gasteiger partial charge in [0.05, 0.1) is 5.69 Å². The molecule has 0 saturated heterocycles. The fraction of sp³-hybridized carbons (Fsp3) is 0.154. The van der Waals surface area contributed by atoms with Gasteiger partial charge in [-0.1, -0.05) is 23.7 Å². The molecule has 1 heterocycles. The van der Waals surface area contributed by atoms with Crippen molar-refractivity contribution in [3.05, 3.63) is 58.9 Å². The first-order valence-electron chi connectivity index (χ1n) is 5.41. The third kappa shape index (κ3) is 3.05. The topological polar surface area (TPSA) is 63.1 Å². The Labute approximate surface area is 109 Å². The molecule has 1 aromatic heterocycles. The van der Waals surface area contributed by atoms with Gasteiger partial charge in [-0.05, 0) is 36.2 Å². The van der Waals surface area contributed by atoms with E-state index < -0.39 is 11.9 Å². The lowest BCUT2D eigenvalue weighted by Crippen LogP contribution is -2.16. The summed E-state index contributed by atoms with van der Waals surface area (Å²) in [6.45, 7) is 0.